The number of likely N-dealkylation sites (tertiary alicyclic amines) is 1. The van der Waals surface area contributed by atoms with Gasteiger partial charge >= 0.3 is 6.09 Å². The first-order valence-corrected chi connectivity index (χ1v) is 10.0. The molecule has 3 aromatic heterocycles. The monoisotopic (exact) mass is 425 g/mol. The van der Waals surface area contributed by atoms with Crippen LogP contribution in [0.25, 0.3) is 16.8 Å². The van der Waals surface area contributed by atoms with Gasteiger partial charge in [0.25, 0.3) is 0 Å². The molecule has 164 valence electrons. The normalized spacial score (nSPS) is 13.5. The van der Waals surface area contributed by atoms with Crippen molar-refractivity contribution in [3.05, 3.63) is 29.7 Å². The molecule has 0 spiro atoms. The van der Waals surface area contributed by atoms with Crippen LogP contribution in [-0.4, -0.2) is 61.8 Å². The molecule has 0 atom stereocenters. The summed E-state index contributed by atoms with van der Waals surface area (Å²) in [4.78, 5) is 13.1. The third kappa shape index (κ3) is 5.12. The van der Waals surface area contributed by atoms with E-state index in [1.54, 1.807) is 22.7 Å². The summed E-state index contributed by atoms with van der Waals surface area (Å²) in [6.45, 7) is 9.24. The van der Waals surface area contributed by atoms with Crippen molar-refractivity contribution < 1.29 is 14.3 Å². The molecule has 31 heavy (non-hydrogen) atoms. The number of carbonyl (C=O) groups excluding carboxylic acids is 1. The number of ether oxygens (including phenoxy) is 2. The number of aromatic nitrogens is 5. The zero-order valence-corrected chi connectivity index (χ0v) is 18.5. The Kier molecular flexibility index (Phi) is 6.44. The second-order valence-electron chi connectivity index (χ2n) is 8.19. The van der Waals surface area contributed by atoms with Crippen LogP contribution in [0.2, 0.25) is 0 Å². The highest BCUT2D eigenvalue weighted by molar-refractivity contribution is 5.74. The fraction of sp³-hybridized carbons (Fsp3) is 0.476. The van der Waals surface area contributed by atoms with E-state index in [0.717, 1.165) is 42.9 Å². The number of rotatable bonds is 2. The second-order valence-corrected chi connectivity index (χ2v) is 8.19. The van der Waals surface area contributed by atoms with Crippen LogP contribution in [0, 0.1) is 18.3 Å². The molecule has 1 N–H and O–H groups in total. The largest absolute Gasteiger partial charge is 0.494 e. The van der Waals surface area contributed by atoms with Gasteiger partial charge in [0.1, 0.15) is 34.2 Å². The van der Waals surface area contributed by atoms with E-state index in [-0.39, 0.29) is 11.7 Å². The minimum atomic E-state index is -0.361. The quantitative estimate of drug-likeness (QED) is 0.668. The summed E-state index contributed by atoms with van der Waals surface area (Å²) in [5, 5.41) is 23.9. The zero-order valence-electron chi connectivity index (χ0n) is 18.5. The summed E-state index contributed by atoms with van der Waals surface area (Å²) in [5.74, 6) is 0.578. The Morgan fingerprint density at radius 1 is 1.26 bits per heavy atom. The van der Waals surface area contributed by atoms with Crippen LogP contribution in [0.5, 0.6) is 5.75 Å². The maximum Gasteiger partial charge on any atom is 0.410 e. The van der Waals surface area contributed by atoms with Gasteiger partial charge in [0.15, 0.2) is 0 Å². The van der Waals surface area contributed by atoms with Gasteiger partial charge in [-0.1, -0.05) is 0 Å². The Labute approximate surface area is 180 Å². The number of carbonyl (C=O) groups is 1. The standard InChI is InChI=1S/C12H10N6O.C9H17NO2/c1-7-11(16-17-15-7)8-3-10(19-2)12-9(4-13)5-14-18(12)6-8;1-9(2,3)12-8(11)10-6-4-5-7-10/h3,5-6H,1-2H3,(H,15,16,17);4-7H2,1-3H3. The van der Waals surface area contributed by atoms with Gasteiger partial charge in [0.05, 0.1) is 19.0 Å². The Balaban J connectivity index is 0.000000196. The summed E-state index contributed by atoms with van der Waals surface area (Å²) < 4.78 is 12.2. The topological polar surface area (TPSA) is 121 Å². The Morgan fingerprint density at radius 3 is 2.52 bits per heavy atom. The molecule has 0 saturated carbocycles. The SMILES string of the molecule is CC(C)(C)OC(=O)N1CCCC1.COc1cc(-c2n[nH]nc2C)cn2ncc(C#N)c12. The van der Waals surface area contributed by atoms with Gasteiger partial charge in [-0.3, -0.25) is 0 Å². The van der Waals surface area contributed by atoms with Crippen LogP contribution < -0.4 is 4.74 Å². The van der Waals surface area contributed by atoms with Gasteiger partial charge in [-0.05, 0) is 46.6 Å². The minimum absolute atomic E-state index is 0.167. The summed E-state index contributed by atoms with van der Waals surface area (Å²) in [6.07, 6.45) is 5.36. The average molecular weight is 425 g/mol. The number of H-pyrrole nitrogens is 1. The molecule has 1 saturated heterocycles. The predicted molar refractivity (Wildman–Crippen MR) is 114 cm³/mol. The molecule has 1 aliphatic rings. The molecule has 0 aromatic carbocycles. The van der Waals surface area contributed by atoms with Crippen molar-refractivity contribution in [1.29, 1.82) is 5.26 Å². The highest BCUT2D eigenvalue weighted by atomic mass is 16.6. The third-order valence-electron chi connectivity index (χ3n) is 4.67. The fourth-order valence-electron chi connectivity index (χ4n) is 3.23. The Bertz CT molecular complexity index is 1100. The van der Waals surface area contributed by atoms with E-state index >= 15 is 0 Å². The maximum atomic E-state index is 11.4. The van der Waals surface area contributed by atoms with Gasteiger partial charge in [-0.2, -0.15) is 25.8 Å². The minimum Gasteiger partial charge on any atom is -0.494 e. The molecular weight excluding hydrogens is 398 g/mol. The molecule has 1 aliphatic heterocycles. The smallest absolute Gasteiger partial charge is 0.410 e. The van der Waals surface area contributed by atoms with Crippen molar-refractivity contribution in [2.24, 2.45) is 0 Å². The van der Waals surface area contributed by atoms with E-state index in [2.05, 4.69) is 26.6 Å². The number of hydrogen-bond donors (Lipinski definition) is 1. The first-order chi connectivity index (χ1) is 14.7. The number of nitrogens with zero attached hydrogens (tertiary/aromatic N) is 6. The summed E-state index contributed by atoms with van der Waals surface area (Å²) in [7, 11) is 1.56. The third-order valence-corrected chi connectivity index (χ3v) is 4.67. The van der Waals surface area contributed by atoms with Crippen molar-refractivity contribution in [2.45, 2.75) is 46.1 Å². The summed E-state index contributed by atoms with van der Waals surface area (Å²) in [5.41, 5.74) is 3.10. The van der Waals surface area contributed by atoms with E-state index in [1.165, 1.54) is 6.20 Å². The summed E-state index contributed by atoms with van der Waals surface area (Å²) in [6, 6.07) is 3.91. The molecule has 0 unspecified atom stereocenters. The molecule has 1 amide bonds. The van der Waals surface area contributed by atoms with Crippen LogP contribution in [0.1, 0.15) is 44.9 Å². The molecule has 4 heterocycles. The number of hydrogen-bond acceptors (Lipinski definition) is 7. The predicted octanol–water partition coefficient (Wildman–Crippen LogP) is 3.33. The highest BCUT2D eigenvalue weighted by Gasteiger charge is 2.24. The fourth-order valence-corrected chi connectivity index (χ4v) is 3.23. The van der Waals surface area contributed by atoms with Gasteiger partial charge in [-0.25, -0.2) is 9.31 Å². The van der Waals surface area contributed by atoms with E-state index in [1.807, 2.05) is 33.8 Å². The van der Waals surface area contributed by atoms with Crippen LogP contribution in [0.3, 0.4) is 0 Å². The molecule has 0 aliphatic carbocycles. The lowest BCUT2D eigenvalue weighted by atomic mass is 10.1. The molecule has 10 nitrogen and oxygen atoms in total. The first kappa shape index (κ1) is 22.1. The second kappa shape index (κ2) is 9.04. The van der Waals surface area contributed by atoms with Crippen LogP contribution in [0.15, 0.2) is 18.5 Å². The van der Waals surface area contributed by atoms with Gasteiger partial charge in [-0.15, -0.1) is 0 Å². The van der Waals surface area contributed by atoms with E-state index < -0.39 is 0 Å². The van der Waals surface area contributed by atoms with E-state index in [4.69, 9.17) is 14.7 Å². The van der Waals surface area contributed by atoms with Crippen molar-refractivity contribution in [2.75, 3.05) is 20.2 Å². The molecule has 0 radical (unpaired) electrons. The van der Waals surface area contributed by atoms with Crippen molar-refractivity contribution in [1.82, 2.24) is 29.9 Å². The molecular formula is C21H27N7O3. The van der Waals surface area contributed by atoms with Gasteiger partial charge in [0, 0.05) is 24.8 Å². The van der Waals surface area contributed by atoms with Crippen molar-refractivity contribution in [3.63, 3.8) is 0 Å². The number of aryl methyl sites for hydroxylation is 1. The van der Waals surface area contributed by atoms with Gasteiger partial charge < -0.3 is 14.4 Å². The summed E-state index contributed by atoms with van der Waals surface area (Å²) >= 11 is 0. The van der Waals surface area contributed by atoms with Crippen LogP contribution in [-0.2, 0) is 4.74 Å². The van der Waals surface area contributed by atoms with E-state index in [9.17, 15) is 4.79 Å². The maximum absolute atomic E-state index is 11.4. The van der Waals surface area contributed by atoms with Crippen LogP contribution in [0.4, 0.5) is 4.79 Å². The number of amides is 1. The first-order valence-electron chi connectivity index (χ1n) is 10.0. The Morgan fingerprint density at radius 2 is 1.97 bits per heavy atom. The lowest BCUT2D eigenvalue weighted by Crippen LogP contribution is -2.34. The van der Waals surface area contributed by atoms with Crippen molar-refractivity contribution >= 4 is 11.6 Å². The lowest BCUT2D eigenvalue weighted by molar-refractivity contribution is 0.0295. The number of nitrogens with one attached hydrogen (secondary N) is 1. The van der Waals surface area contributed by atoms with Gasteiger partial charge in [0.2, 0.25) is 0 Å². The molecule has 10 heteroatoms. The number of methoxy groups -OCH3 is 1. The molecule has 4 rings (SSSR count). The Hall–Kier alpha value is -3.61. The highest BCUT2D eigenvalue weighted by Crippen LogP contribution is 2.29. The van der Waals surface area contributed by atoms with Crippen molar-refractivity contribution in [3.8, 4) is 23.1 Å². The molecule has 0 bridgehead atoms. The molecule has 3 aromatic rings. The number of fused-ring (bicyclic) bond motifs is 1. The number of aromatic amines is 1. The van der Waals surface area contributed by atoms with E-state index in [0.29, 0.717) is 16.8 Å². The van der Waals surface area contributed by atoms with Crippen LogP contribution >= 0.6 is 0 Å². The molecule has 1 fully saturated rings. The average Bonchev–Trinajstić information content (AvgIpc) is 3.46. The number of pyridine rings is 1. The zero-order chi connectivity index (χ0) is 22.6. The lowest BCUT2D eigenvalue weighted by Gasteiger charge is -2.23. The number of nitriles is 1.